The van der Waals surface area contributed by atoms with Gasteiger partial charge in [-0.05, 0) is 48.4 Å². The van der Waals surface area contributed by atoms with Crippen molar-refractivity contribution in [2.45, 2.75) is 32.4 Å². The Kier molecular flexibility index (Phi) is 3.96. The molecule has 3 rings (SSSR count). The number of nitriles is 1. The van der Waals surface area contributed by atoms with Crippen LogP contribution in [-0.2, 0) is 19.0 Å². The SMILES string of the molecule is CC1CCc2nc(N)c(C#N)c(-c3cccc(C(F)(F)F)c3)c2C1. The van der Waals surface area contributed by atoms with Gasteiger partial charge < -0.3 is 5.73 Å². The number of nitrogens with zero attached hydrogens (tertiary/aromatic N) is 2. The summed E-state index contributed by atoms with van der Waals surface area (Å²) in [5.74, 6) is 0.470. The van der Waals surface area contributed by atoms with Gasteiger partial charge in [-0.2, -0.15) is 18.4 Å². The number of alkyl halides is 3. The summed E-state index contributed by atoms with van der Waals surface area (Å²) in [7, 11) is 0. The number of pyridine rings is 1. The zero-order valence-electron chi connectivity index (χ0n) is 13.1. The van der Waals surface area contributed by atoms with Gasteiger partial charge in [0.25, 0.3) is 0 Å². The molecular formula is C18H16F3N3. The van der Waals surface area contributed by atoms with Gasteiger partial charge in [0.15, 0.2) is 0 Å². The Labute approximate surface area is 137 Å². The number of anilines is 1. The maximum absolute atomic E-state index is 13.0. The van der Waals surface area contributed by atoms with Crippen LogP contribution in [0.2, 0.25) is 0 Å². The van der Waals surface area contributed by atoms with Gasteiger partial charge in [0, 0.05) is 11.3 Å². The minimum absolute atomic E-state index is 0.0817. The van der Waals surface area contributed by atoms with Crippen molar-refractivity contribution in [2.24, 2.45) is 5.92 Å². The van der Waals surface area contributed by atoms with Crippen molar-refractivity contribution >= 4 is 5.82 Å². The minimum Gasteiger partial charge on any atom is -0.383 e. The van der Waals surface area contributed by atoms with Gasteiger partial charge >= 0.3 is 6.18 Å². The standard InChI is InChI=1S/C18H16F3N3/c1-10-5-6-15-13(7-10)16(14(9-22)17(23)24-15)11-3-2-4-12(8-11)18(19,20)21/h2-4,8,10H,5-7H2,1H3,(H2,23,24). The number of aryl methyl sites for hydroxylation is 1. The van der Waals surface area contributed by atoms with Crippen LogP contribution >= 0.6 is 0 Å². The van der Waals surface area contributed by atoms with Gasteiger partial charge in [-0.1, -0.05) is 19.1 Å². The highest BCUT2D eigenvalue weighted by Crippen LogP contribution is 2.39. The summed E-state index contributed by atoms with van der Waals surface area (Å²) in [5.41, 5.74) is 7.81. The fourth-order valence-electron chi connectivity index (χ4n) is 3.24. The third-order valence-corrected chi connectivity index (χ3v) is 4.43. The third-order valence-electron chi connectivity index (χ3n) is 4.43. The third kappa shape index (κ3) is 2.82. The number of aromatic nitrogens is 1. The molecule has 1 heterocycles. The Morgan fingerprint density at radius 2 is 2.08 bits per heavy atom. The fraction of sp³-hybridized carbons (Fsp3) is 0.333. The summed E-state index contributed by atoms with van der Waals surface area (Å²) < 4.78 is 39.1. The zero-order valence-corrected chi connectivity index (χ0v) is 13.1. The molecule has 1 aliphatic carbocycles. The van der Waals surface area contributed by atoms with Crippen molar-refractivity contribution in [3.8, 4) is 17.2 Å². The van der Waals surface area contributed by atoms with Crippen molar-refractivity contribution in [2.75, 3.05) is 5.73 Å². The van der Waals surface area contributed by atoms with Gasteiger partial charge in [0.1, 0.15) is 17.5 Å². The maximum atomic E-state index is 13.0. The molecule has 0 bridgehead atoms. The van der Waals surface area contributed by atoms with Crippen LogP contribution in [-0.4, -0.2) is 4.98 Å². The van der Waals surface area contributed by atoms with Crippen LogP contribution in [0.5, 0.6) is 0 Å². The summed E-state index contributed by atoms with van der Waals surface area (Å²) in [6.07, 6.45) is -2.08. The molecule has 0 saturated heterocycles. The van der Waals surface area contributed by atoms with Crippen molar-refractivity contribution < 1.29 is 13.2 Å². The van der Waals surface area contributed by atoms with E-state index in [2.05, 4.69) is 11.9 Å². The first kappa shape index (κ1) is 16.3. The largest absolute Gasteiger partial charge is 0.416 e. The second-order valence-electron chi connectivity index (χ2n) is 6.21. The Morgan fingerprint density at radius 3 is 2.75 bits per heavy atom. The van der Waals surface area contributed by atoms with Gasteiger partial charge in [0.2, 0.25) is 0 Å². The van der Waals surface area contributed by atoms with Crippen LogP contribution in [0.1, 0.15) is 35.7 Å². The first-order valence-electron chi connectivity index (χ1n) is 7.70. The molecule has 0 amide bonds. The molecule has 1 aromatic heterocycles. The average Bonchev–Trinajstić information content (AvgIpc) is 2.53. The number of rotatable bonds is 1. The summed E-state index contributed by atoms with van der Waals surface area (Å²) >= 11 is 0. The predicted octanol–water partition coefficient (Wildman–Crippen LogP) is 4.35. The van der Waals surface area contributed by atoms with Crippen molar-refractivity contribution in [3.05, 3.63) is 46.6 Å². The molecule has 6 heteroatoms. The summed E-state index contributed by atoms with van der Waals surface area (Å²) in [5, 5.41) is 9.47. The van der Waals surface area contributed by atoms with Gasteiger partial charge in [-0.3, -0.25) is 0 Å². The highest BCUT2D eigenvalue weighted by Gasteiger charge is 2.31. The van der Waals surface area contributed by atoms with Crippen LogP contribution in [0.4, 0.5) is 19.0 Å². The van der Waals surface area contributed by atoms with Crippen molar-refractivity contribution in [1.82, 2.24) is 4.98 Å². The van der Waals surface area contributed by atoms with E-state index in [-0.39, 0.29) is 11.4 Å². The molecule has 124 valence electrons. The normalized spacial score (nSPS) is 17.2. The molecule has 0 fully saturated rings. The topological polar surface area (TPSA) is 62.7 Å². The van der Waals surface area contributed by atoms with Crippen LogP contribution in [0.15, 0.2) is 24.3 Å². The Bertz CT molecular complexity index is 835. The van der Waals surface area contributed by atoms with Crippen LogP contribution in [0.25, 0.3) is 11.1 Å². The molecule has 1 aliphatic rings. The number of benzene rings is 1. The average molecular weight is 331 g/mol. The molecular weight excluding hydrogens is 315 g/mol. The smallest absolute Gasteiger partial charge is 0.383 e. The number of hydrogen-bond acceptors (Lipinski definition) is 3. The lowest BCUT2D eigenvalue weighted by atomic mass is 9.82. The lowest BCUT2D eigenvalue weighted by Gasteiger charge is -2.25. The van der Waals surface area contributed by atoms with E-state index in [9.17, 15) is 18.4 Å². The van der Waals surface area contributed by atoms with E-state index in [0.717, 1.165) is 36.2 Å². The highest BCUT2D eigenvalue weighted by atomic mass is 19.4. The predicted molar refractivity (Wildman–Crippen MR) is 85.0 cm³/mol. The first-order chi connectivity index (χ1) is 11.3. The van der Waals surface area contributed by atoms with E-state index < -0.39 is 11.7 Å². The molecule has 0 radical (unpaired) electrons. The summed E-state index contributed by atoms with van der Waals surface area (Å²) in [6, 6.07) is 7.06. The Balaban J connectivity index is 2.28. The molecule has 2 aromatic rings. The zero-order chi connectivity index (χ0) is 17.5. The van der Waals surface area contributed by atoms with Gasteiger partial charge in [-0.15, -0.1) is 0 Å². The summed E-state index contributed by atoms with van der Waals surface area (Å²) in [6.45, 7) is 2.08. The van der Waals surface area contributed by atoms with E-state index in [4.69, 9.17) is 5.73 Å². The molecule has 2 N–H and O–H groups in total. The highest BCUT2D eigenvalue weighted by molar-refractivity contribution is 5.79. The quantitative estimate of drug-likeness (QED) is 0.845. The van der Waals surface area contributed by atoms with E-state index >= 15 is 0 Å². The minimum atomic E-state index is -4.44. The van der Waals surface area contributed by atoms with Gasteiger partial charge in [0.05, 0.1) is 5.56 Å². The Hall–Kier alpha value is -2.55. The van der Waals surface area contributed by atoms with Crippen LogP contribution in [0.3, 0.4) is 0 Å². The van der Waals surface area contributed by atoms with E-state index in [0.29, 0.717) is 23.5 Å². The van der Waals surface area contributed by atoms with Crippen molar-refractivity contribution in [1.29, 1.82) is 5.26 Å². The molecule has 24 heavy (non-hydrogen) atoms. The molecule has 0 aliphatic heterocycles. The second kappa shape index (κ2) is 5.82. The first-order valence-corrected chi connectivity index (χ1v) is 7.70. The summed E-state index contributed by atoms with van der Waals surface area (Å²) in [4.78, 5) is 4.31. The van der Waals surface area contributed by atoms with Crippen LogP contribution < -0.4 is 5.73 Å². The number of nitrogen functional groups attached to an aromatic ring is 1. The monoisotopic (exact) mass is 331 g/mol. The van der Waals surface area contributed by atoms with E-state index in [1.165, 1.54) is 6.07 Å². The second-order valence-corrected chi connectivity index (χ2v) is 6.21. The van der Waals surface area contributed by atoms with Gasteiger partial charge in [-0.25, -0.2) is 4.98 Å². The van der Waals surface area contributed by atoms with E-state index in [1.54, 1.807) is 6.07 Å². The fourth-order valence-corrected chi connectivity index (χ4v) is 3.24. The molecule has 1 unspecified atom stereocenters. The molecule has 3 nitrogen and oxygen atoms in total. The van der Waals surface area contributed by atoms with E-state index in [1.807, 2.05) is 6.07 Å². The van der Waals surface area contributed by atoms with Crippen LogP contribution in [0, 0.1) is 17.2 Å². The molecule has 1 atom stereocenters. The lowest BCUT2D eigenvalue weighted by molar-refractivity contribution is -0.137. The molecule has 0 spiro atoms. The number of fused-ring (bicyclic) bond motifs is 1. The Morgan fingerprint density at radius 1 is 1.33 bits per heavy atom. The number of halogens is 3. The number of hydrogen-bond donors (Lipinski definition) is 1. The molecule has 0 saturated carbocycles. The maximum Gasteiger partial charge on any atom is 0.416 e. The molecule has 1 aromatic carbocycles. The van der Waals surface area contributed by atoms with Crippen molar-refractivity contribution in [3.63, 3.8) is 0 Å². The number of nitrogens with two attached hydrogens (primary N) is 1. The lowest BCUT2D eigenvalue weighted by Crippen LogP contribution is -2.17.